The summed E-state index contributed by atoms with van der Waals surface area (Å²) in [5, 5.41) is 9.41. The highest BCUT2D eigenvalue weighted by Gasteiger charge is 2.37. The molecule has 0 amide bonds. The van der Waals surface area contributed by atoms with E-state index < -0.39 is 11.8 Å². The second-order valence-corrected chi connectivity index (χ2v) is 12.1. The third kappa shape index (κ3) is 6.16. The van der Waals surface area contributed by atoms with Crippen LogP contribution < -0.4 is 9.47 Å². The van der Waals surface area contributed by atoms with Crippen molar-refractivity contribution in [3.63, 3.8) is 0 Å². The second kappa shape index (κ2) is 11.6. The number of carbonyl (C=O) groups is 1. The fourth-order valence-electron chi connectivity index (χ4n) is 6.38. The standard InChI is InChI=1S/C34H38F2O4/c1-34(2)15-5-7-29(34)27-17-22(11-13-26(27)28-19-24(39-3)12-14-30(28)35)20-40-31-8-4-6-25(33(31)36)23(18-32(37)38)16-21-9-10-21/h4,6,8,11-14,17,19,21,23,29H,5,7,9-10,15-16,18,20H2,1-3H3,(H,37,38)/t23?,29-/m1/s1. The summed E-state index contributed by atoms with van der Waals surface area (Å²) < 4.78 is 42.1. The minimum absolute atomic E-state index is 0.0602. The Labute approximate surface area is 235 Å². The van der Waals surface area contributed by atoms with E-state index in [2.05, 4.69) is 19.9 Å². The molecular weight excluding hydrogens is 510 g/mol. The first kappa shape index (κ1) is 28.1. The smallest absolute Gasteiger partial charge is 0.303 e. The van der Waals surface area contributed by atoms with Crippen molar-refractivity contribution in [1.29, 1.82) is 0 Å². The molecular formula is C34H38F2O4. The fraction of sp³-hybridized carbons (Fsp3) is 0.441. The van der Waals surface area contributed by atoms with Gasteiger partial charge in [-0.15, -0.1) is 0 Å². The maximum Gasteiger partial charge on any atom is 0.303 e. The van der Waals surface area contributed by atoms with Gasteiger partial charge >= 0.3 is 5.97 Å². The van der Waals surface area contributed by atoms with Crippen LogP contribution in [-0.2, 0) is 11.4 Å². The number of carboxylic acids is 1. The molecule has 4 nitrogen and oxygen atoms in total. The lowest BCUT2D eigenvalue weighted by molar-refractivity contribution is -0.137. The molecule has 3 aromatic carbocycles. The van der Waals surface area contributed by atoms with E-state index in [9.17, 15) is 9.90 Å². The largest absolute Gasteiger partial charge is 0.497 e. The van der Waals surface area contributed by atoms with Crippen LogP contribution in [0.25, 0.3) is 11.1 Å². The Morgan fingerprint density at radius 2 is 1.85 bits per heavy atom. The highest BCUT2D eigenvalue weighted by Crippen LogP contribution is 2.51. The summed E-state index contributed by atoms with van der Waals surface area (Å²) in [5.74, 6) is -0.655. The molecule has 0 saturated heterocycles. The minimum Gasteiger partial charge on any atom is -0.497 e. The summed E-state index contributed by atoms with van der Waals surface area (Å²) in [7, 11) is 1.57. The number of aliphatic carboxylic acids is 1. The molecule has 0 bridgehead atoms. The molecule has 212 valence electrons. The Balaban J connectivity index is 1.44. The van der Waals surface area contributed by atoms with Crippen LogP contribution in [0.15, 0.2) is 54.6 Å². The van der Waals surface area contributed by atoms with Gasteiger partial charge in [-0.1, -0.05) is 63.4 Å². The first-order chi connectivity index (χ1) is 19.2. The summed E-state index contributed by atoms with van der Waals surface area (Å²) >= 11 is 0. The number of hydrogen-bond acceptors (Lipinski definition) is 3. The van der Waals surface area contributed by atoms with Gasteiger partial charge in [-0.05, 0) is 89.0 Å². The molecule has 6 heteroatoms. The van der Waals surface area contributed by atoms with E-state index in [1.807, 2.05) is 12.1 Å². The van der Waals surface area contributed by atoms with Crippen molar-refractivity contribution in [3.05, 3.63) is 82.9 Å². The lowest BCUT2D eigenvalue weighted by Gasteiger charge is -2.30. The molecule has 0 aromatic heterocycles. The van der Waals surface area contributed by atoms with Gasteiger partial charge in [0.15, 0.2) is 11.6 Å². The topological polar surface area (TPSA) is 55.8 Å². The average molecular weight is 549 g/mol. The van der Waals surface area contributed by atoms with E-state index in [0.29, 0.717) is 29.2 Å². The van der Waals surface area contributed by atoms with Crippen molar-refractivity contribution < 1.29 is 28.2 Å². The zero-order valence-corrected chi connectivity index (χ0v) is 23.5. The van der Waals surface area contributed by atoms with Gasteiger partial charge in [0, 0.05) is 5.56 Å². The Morgan fingerprint density at radius 3 is 2.52 bits per heavy atom. The number of halogens is 2. The minimum atomic E-state index is -0.925. The van der Waals surface area contributed by atoms with E-state index in [1.54, 1.807) is 37.4 Å². The Kier molecular flexibility index (Phi) is 8.16. The third-order valence-corrected chi connectivity index (χ3v) is 8.78. The molecule has 2 atom stereocenters. The zero-order valence-electron chi connectivity index (χ0n) is 23.5. The van der Waals surface area contributed by atoms with Gasteiger partial charge in [0.1, 0.15) is 18.2 Å². The van der Waals surface area contributed by atoms with Crippen LogP contribution in [0.1, 0.15) is 87.3 Å². The molecule has 0 aliphatic heterocycles. The third-order valence-electron chi connectivity index (χ3n) is 8.78. The summed E-state index contributed by atoms with van der Waals surface area (Å²) in [6.45, 7) is 4.67. The van der Waals surface area contributed by atoms with Crippen molar-refractivity contribution in [2.75, 3.05) is 7.11 Å². The molecule has 1 N–H and O–H groups in total. The van der Waals surface area contributed by atoms with E-state index in [1.165, 1.54) is 6.07 Å². The van der Waals surface area contributed by atoms with Crippen LogP contribution in [0.3, 0.4) is 0 Å². The number of methoxy groups -OCH3 is 1. The van der Waals surface area contributed by atoms with Crippen LogP contribution in [0, 0.1) is 23.0 Å². The van der Waals surface area contributed by atoms with Gasteiger partial charge in [-0.25, -0.2) is 8.78 Å². The van der Waals surface area contributed by atoms with E-state index in [0.717, 1.165) is 48.8 Å². The molecule has 3 aromatic rings. The SMILES string of the molecule is COc1ccc(F)c(-c2ccc(COc3cccc(C(CC(=O)O)CC4CC4)c3F)cc2[C@H]2CCCC2(C)C)c1. The highest BCUT2D eigenvalue weighted by atomic mass is 19.1. The maximum atomic E-state index is 15.6. The van der Waals surface area contributed by atoms with Crippen molar-refractivity contribution in [2.45, 2.75) is 77.2 Å². The highest BCUT2D eigenvalue weighted by molar-refractivity contribution is 5.71. The van der Waals surface area contributed by atoms with Crippen molar-refractivity contribution in [2.24, 2.45) is 11.3 Å². The average Bonchev–Trinajstić information content (AvgIpc) is 3.67. The van der Waals surface area contributed by atoms with Crippen LogP contribution >= 0.6 is 0 Å². The number of hydrogen-bond donors (Lipinski definition) is 1. The molecule has 2 aliphatic rings. The summed E-state index contributed by atoms with van der Waals surface area (Å²) in [5.41, 5.74) is 3.74. The van der Waals surface area contributed by atoms with Crippen molar-refractivity contribution in [3.8, 4) is 22.6 Å². The summed E-state index contributed by atoms with van der Waals surface area (Å²) in [6, 6.07) is 15.7. The molecule has 0 heterocycles. The van der Waals surface area contributed by atoms with Gasteiger partial charge in [0.25, 0.3) is 0 Å². The second-order valence-electron chi connectivity index (χ2n) is 12.1. The number of ether oxygens (including phenoxy) is 2. The van der Waals surface area contributed by atoms with Crippen LogP contribution in [0.5, 0.6) is 11.5 Å². The lowest BCUT2D eigenvalue weighted by Crippen LogP contribution is -2.17. The molecule has 2 saturated carbocycles. The summed E-state index contributed by atoms with van der Waals surface area (Å²) in [4.78, 5) is 11.5. The number of carboxylic acid groups (broad SMARTS) is 1. The van der Waals surface area contributed by atoms with E-state index in [-0.39, 0.29) is 41.8 Å². The molecule has 0 radical (unpaired) electrons. The monoisotopic (exact) mass is 548 g/mol. The molecule has 2 aliphatic carbocycles. The lowest BCUT2D eigenvalue weighted by atomic mass is 9.75. The first-order valence-corrected chi connectivity index (χ1v) is 14.3. The van der Waals surface area contributed by atoms with Crippen LogP contribution in [-0.4, -0.2) is 18.2 Å². The van der Waals surface area contributed by atoms with Crippen LogP contribution in [0.2, 0.25) is 0 Å². The molecule has 1 unspecified atom stereocenters. The van der Waals surface area contributed by atoms with E-state index >= 15 is 8.78 Å². The van der Waals surface area contributed by atoms with Gasteiger partial charge in [0.05, 0.1) is 13.5 Å². The van der Waals surface area contributed by atoms with Gasteiger partial charge in [0.2, 0.25) is 0 Å². The predicted molar refractivity (Wildman–Crippen MR) is 152 cm³/mol. The predicted octanol–water partition coefficient (Wildman–Crippen LogP) is 8.87. The molecule has 5 rings (SSSR count). The Bertz CT molecular complexity index is 1380. The van der Waals surface area contributed by atoms with Gasteiger partial charge < -0.3 is 14.6 Å². The van der Waals surface area contributed by atoms with Crippen molar-refractivity contribution in [1.82, 2.24) is 0 Å². The van der Waals surface area contributed by atoms with E-state index in [4.69, 9.17) is 9.47 Å². The first-order valence-electron chi connectivity index (χ1n) is 14.3. The Hall–Kier alpha value is -3.41. The van der Waals surface area contributed by atoms with Crippen LogP contribution in [0.4, 0.5) is 8.78 Å². The van der Waals surface area contributed by atoms with Crippen molar-refractivity contribution >= 4 is 5.97 Å². The normalized spacial score (nSPS) is 18.9. The fourth-order valence-corrected chi connectivity index (χ4v) is 6.38. The number of benzene rings is 3. The zero-order chi connectivity index (χ0) is 28.4. The molecule has 40 heavy (non-hydrogen) atoms. The molecule has 0 spiro atoms. The van der Waals surface area contributed by atoms with Gasteiger partial charge in [-0.3, -0.25) is 4.79 Å². The number of rotatable bonds is 11. The summed E-state index contributed by atoms with van der Waals surface area (Å²) in [6.07, 6.45) is 5.94. The maximum absolute atomic E-state index is 15.6. The molecule has 2 fully saturated rings. The van der Waals surface area contributed by atoms with Gasteiger partial charge in [-0.2, -0.15) is 0 Å². The Morgan fingerprint density at radius 1 is 1.05 bits per heavy atom. The quantitative estimate of drug-likeness (QED) is 0.260.